The average Bonchev–Trinajstić information content (AvgIpc) is 0.986. The molecule has 0 saturated heterocycles. The number of esters is 2. The minimum atomic E-state index is -1.37. The Morgan fingerprint density at radius 3 is 2.32 bits per heavy atom. The first-order valence-electron chi connectivity index (χ1n) is 32.4. The molecule has 14 unspecified atom stereocenters. The molecule has 2 bridgehead atoms. The number of hydrogen-bond acceptors (Lipinski definition) is 11. The second kappa shape index (κ2) is 22.9. The lowest BCUT2D eigenvalue weighted by Gasteiger charge is -2.53. The molecule has 88 heavy (non-hydrogen) atoms. The van der Waals surface area contributed by atoms with Gasteiger partial charge in [-0.05, 0) is 185 Å². The van der Waals surface area contributed by atoms with Crippen molar-refractivity contribution in [1.82, 2.24) is 0 Å². The summed E-state index contributed by atoms with van der Waals surface area (Å²) in [5.41, 5.74) is 10.7. The number of benzene rings is 5. The van der Waals surface area contributed by atoms with Crippen molar-refractivity contribution < 1.29 is 48.3 Å². The molecular weight excluding hydrogens is 1100 g/mol. The van der Waals surface area contributed by atoms with Crippen molar-refractivity contribution in [2.24, 2.45) is 35.5 Å². The van der Waals surface area contributed by atoms with Gasteiger partial charge in [0, 0.05) is 60.3 Å². The van der Waals surface area contributed by atoms with E-state index in [1.165, 1.54) is 52.5 Å². The highest BCUT2D eigenvalue weighted by Gasteiger charge is 2.65. The van der Waals surface area contributed by atoms with E-state index >= 15 is 9.59 Å². The van der Waals surface area contributed by atoms with Crippen molar-refractivity contribution in [3.05, 3.63) is 222 Å². The van der Waals surface area contributed by atoms with Gasteiger partial charge in [0.25, 0.3) is 0 Å². The Kier molecular flexibility index (Phi) is 14.8. The van der Waals surface area contributed by atoms with Crippen LogP contribution in [0.1, 0.15) is 174 Å². The number of allylic oxidation sites excluding steroid dienone is 4. The fourth-order valence-corrected chi connectivity index (χ4v) is 18.9. The summed E-state index contributed by atoms with van der Waals surface area (Å²) < 4.78 is 34.1. The van der Waals surface area contributed by atoms with Crippen LogP contribution in [0.3, 0.4) is 0 Å². The van der Waals surface area contributed by atoms with Gasteiger partial charge in [-0.2, -0.15) is 0 Å². The van der Waals surface area contributed by atoms with E-state index in [-0.39, 0.29) is 103 Å². The molecule has 2 spiro atoms. The number of carbonyl (C=O) groups is 2. The fourth-order valence-electron chi connectivity index (χ4n) is 18.9. The molecule has 0 radical (unpaired) electrons. The van der Waals surface area contributed by atoms with Gasteiger partial charge in [-0.3, -0.25) is 4.79 Å². The van der Waals surface area contributed by atoms with Gasteiger partial charge in [0.15, 0.2) is 17.8 Å². The van der Waals surface area contributed by atoms with Crippen molar-refractivity contribution >= 4 is 41.1 Å². The molecule has 3 N–H and O–H groups in total. The van der Waals surface area contributed by atoms with Crippen LogP contribution in [-0.4, -0.2) is 65.9 Å². The normalized spacial score (nSPS) is 31.5. The number of methoxy groups -OCH3 is 1. The van der Waals surface area contributed by atoms with Gasteiger partial charge in [-0.1, -0.05) is 146 Å². The van der Waals surface area contributed by atoms with Crippen molar-refractivity contribution in [1.29, 1.82) is 0 Å². The summed E-state index contributed by atoms with van der Waals surface area (Å²) in [6, 6.07) is 36.8. The minimum absolute atomic E-state index is 0.0151. The predicted molar refractivity (Wildman–Crippen MR) is 338 cm³/mol. The number of carbonyl (C=O) groups excluding carboxylic acids is 2. The number of ether oxygens (including phenoxy) is 4. The quantitative estimate of drug-likeness (QED) is 0.0576. The molecule has 7 aliphatic carbocycles. The molecule has 1 aromatic heterocycles. The van der Waals surface area contributed by atoms with Crippen LogP contribution < -0.4 is 10.4 Å². The lowest BCUT2D eigenvalue weighted by Crippen LogP contribution is -2.61. The molecule has 452 valence electrons. The SMILES string of the molecule is COCC(CCO)c1c(CO)c2ccc3c(c2oc1=O)C1OC(=O)CC2CC(c4cccc5c4C=CC4CCCC6C=Cc7ccccc7C564)CCC2c2ccc(cc2)CCC(=C(C)CO)C(=O)OC1C1(CC=CC2C4C=Cc5ccccc5C4CC21)O3. The maximum atomic E-state index is 16.1. The van der Waals surface area contributed by atoms with E-state index in [0.717, 1.165) is 43.2 Å². The lowest BCUT2D eigenvalue weighted by molar-refractivity contribution is -0.205. The second-order valence-corrected chi connectivity index (χ2v) is 26.8. The van der Waals surface area contributed by atoms with Gasteiger partial charge >= 0.3 is 17.6 Å². The molecular formula is C77H78O11. The number of aliphatic hydroxyl groups excluding tert-OH is 3. The maximum Gasteiger partial charge on any atom is 0.340 e. The average molecular weight is 1180 g/mol. The van der Waals surface area contributed by atoms with Gasteiger partial charge in [0.1, 0.15) is 11.3 Å². The molecule has 11 nitrogen and oxygen atoms in total. The zero-order valence-electron chi connectivity index (χ0n) is 50.3. The monoisotopic (exact) mass is 1180 g/mol. The highest BCUT2D eigenvalue weighted by atomic mass is 16.6. The number of hydrogen-bond donors (Lipinski definition) is 3. The Balaban J connectivity index is 0.882. The molecule has 16 rings (SSSR count). The Hall–Kier alpha value is -7.41. The molecule has 4 heterocycles. The molecule has 11 heteroatoms. The van der Waals surface area contributed by atoms with E-state index in [1.54, 1.807) is 13.0 Å². The molecule has 10 aliphatic rings. The molecule has 5 aromatic carbocycles. The number of rotatable bonds is 8. The van der Waals surface area contributed by atoms with Crippen molar-refractivity contribution in [3.8, 4) is 5.75 Å². The fraction of sp³-hybridized carbons (Fsp3) is 0.416. The highest BCUT2D eigenvalue weighted by molar-refractivity contribution is 5.91. The molecule has 6 aromatic rings. The smallest absolute Gasteiger partial charge is 0.340 e. The Labute approximate surface area is 514 Å². The van der Waals surface area contributed by atoms with E-state index in [9.17, 15) is 20.1 Å². The van der Waals surface area contributed by atoms with E-state index in [0.29, 0.717) is 58.9 Å². The van der Waals surface area contributed by atoms with Crippen LogP contribution in [0.25, 0.3) is 29.2 Å². The van der Waals surface area contributed by atoms with Crippen molar-refractivity contribution in [2.75, 3.05) is 26.9 Å². The standard InChI is InChI=1S/C77H78O11/c1-44(41-79)54-29-21-45-19-22-47(23-20-45)55-30-26-49(57-15-8-18-65-60(57)32-28-53-13-7-12-52-27-24-48-11-4-6-17-64(48)77(52,53)65)38-51(55)39-68(81)85-72-70-67(34-33-61-63(42-80)69(75(83)86-71(61)70)50(35-37-78)43-84-2)88-76(73(72)87-74(54)82)36-9-16-59-58-31-25-46-10-3-5-14-56(46)62(58)40-66(59)76/h3-6,8-11,14-20,22-25,27-28,31-34,49-53,55,58-59,62,66,72-73,78-80H,7,12-13,21,26,29-30,35-43H2,1-2H3. The third kappa shape index (κ3) is 9.05. The van der Waals surface area contributed by atoms with Gasteiger partial charge < -0.3 is 38.7 Å². The Bertz CT molecular complexity index is 3970. The molecule has 3 fully saturated rings. The van der Waals surface area contributed by atoms with E-state index in [4.69, 9.17) is 23.4 Å². The summed E-state index contributed by atoms with van der Waals surface area (Å²) in [4.78, 5) is 46.5. The summed E-state index contributed by atoms with van der Waals surface area (Å²) in [5.74, 6) is -0.780. The zero-order chi connectivity index (χ0) is 60.0. The predicted octanol–water partition coefficient (Wildman–Crippen LogP) is 13.8. The zero-order valence-corrected chi connectivity index (χ0v) is 50.3. The van der Waals surface area contributed by atoms with E-state index in [2.05, 4.69) is 140 Å². The van der Waals surface area contributed by atoms with Crippen LogP contribution in [0.2, 0.25) is 0 Å². The van der Waals surface area contributed by atoms with Crippen LogP contribution in [0.4, 0.5) is 0 Å². The largest absolute Gasteiger partial charge is 0.482 e. The molecule has 0 amide bonds. The topological polar surface area (TPSA) is 162 Å². The third-order valence-electron chi connectivity index (χ3n) is 22.8. The summed E-state index contributed by atoms with van der Waals surface area (Å²) in [6.07, 6.45) is 24.0. The van der Waals surface area contributed by atoms with Gasteiger partial charge in [-0.15, -0.1) is 0 Å². The Morgan fingerprint density at radius 1 is 0.739 bits per heavy atom. The van der Waals surface area contributed by atoms with Gasteiger partial charge in [0.05, 0.1) is 25.4 Å². The van der Waals surface area contributed by atoms with Crippen LogP contribution in [-0.2, 0) is 42.2 Å². The summed E-state index contributed by atoms with van der Waals surface area (Å²) in [7, 11) is 1.52. The first-order chi connectivity index (χ1) is 43.1. The number of fused-ring (bicyclic) bond motifs is 19. The lowest BCUT2D eigenvalue weighted by atomic mass is 9.49. The van der Waals surface area contributed by atoms with Gasteiger partial charge in [0.2, 0.25) is 0 Å². The van der Waals surface area contributed by atoms with E-state index in [1.807, 2.05) is 6.07 Å². The number of aliphatic hydroxyl groups is 3. The first kappa shape index (κ1) is 57.1. The molecule has 14 atom stereocenters. The van der Waals surface area contributed by atoms with Crippen molar-refractivity contribution in [3.63, 3.8) is 0 Å². The second-order valence-electron chi connectivity index (χ2n) is 26.8. The Morgan fingerprint density at radius 2 is 1.51 bits per heavy atom. The molecule has 3 aliphatic heterocycles. The van der Waals surface area contributed by atoms with Crippen LogP contribution >= 0.6 is 0 Å². The van der Waals surface area contributed by atoms with Crippen molar-refractivity contribution in [2.45, 2.75) is 137 Å². The molecule has 3 saturated carbocycles. The summed E-state index contributed by atoms with van der Waals surface area (Å²) >= 11 is 0. The van der Waals surface area contributed by atoms with E-state index < -0.39 is 47.9 Å². The first-order valence-corrected chi connectivity index (χ1v) is 32.4. The highest BCUT2D eigenvalue weighted by Crippen LogP contribution is 2.64. The summed E-state index contributed by atoms with van der Waals surface area (Å²) in [5, 5.41) is 32.8. The van der Waals surface area contributed by atoms with Crippen LogP contribution in [0.15, 0.2) is 154 Å². The third-order valence-corrected chi connectivity index (χ3v) is 22.8. The maximum absolute atomic E-state index is 16.1. The minimum Gasteiger partial charge on any atom is -0.482 e. The van der Waals surface area contributed by atoms with Crippen LogP contribution in [0.5, 0.6) is 5.75 Å². The number of aryl methyl sites for hydroxylation is 1. The summed E-state index contributed by atoms with van der Waals surface area (Å²) in [6.45, 7) is 0.680. The van der Waals surface area contributed by atoms with Crippen LogP contribution in [0, 0.1) is 35.5 Å². The van der Waals surface area contributed by atoms with Gasteiger partial charge in [-0.25, -0.2) is 9.59 Å².